The van der Waals surface area contributed by atoms with Gasteiger partial charge in [0, 0.05) is 29.6 Å². The first-order chi connectivity index (χ1) is 48.0. The van der Waals surface area contributed by atoms with E-state index in [1.54, 1.807) is 0 Å². The SMILES string of the molecule is CC(N[C@@H](CCCCN)C(=O)C(C(=O)OCC1c2ccccc2-c2ccccc21)C(=O)OCC1c2ccccc2-c2ccccc21)(C(=O)OCC1c2ccccc2-c2ccccc21)C(C(=O)OCC1c2ccccc2-c2ccccc21)C(=O)OCC1c2ccccc2-c2ccccc21. The molecule has 3 N–H and O–H groups in total. The van der Waals surface area contributed by atoms with Crippen molar-refractivity contribution in [3.63, 3.8) is 0 Å². The lowest BCUT2D eigenvalue weighted by molar-refractivity contribution is -0.176. The zero-order chi connectivity index (χ0) is 67.0. The summed E-state index contributed by atoms with van der Waals surface area (Å²) in [5, 5.41) is 3.24. The first-order valence-corrected chi connectivity index (χ1v) is 33.8. The standard InChI is InChI=1S/C85H72N2O11/c1-85(84(93)98-50-75-69-42-20-10-32-59(69)60-33-11-21-43-70(60)75,78(82(91)96-48-73-65-38-16-6-28-55(65)56-29-7-17-39-66(56)73)83(92)97-49-74-67-40-18-8-30-57(67)58-31-9-19-41-68(58)74)87-76(44-22-23-45-86)79(88)77(80(89)94-46-71-61-34-12-2-24-51(61)52-25-3-13-35-62(52)71)81(90)95-47-72-63-36-14-4-26-53(63)54-27-5-15-37-64(54)72/h2-21,24-43,71-78,87H,22-23,44-50,86H2,1H3/t76-,85?/m0/s1. The molecule has 13 heteroatoms. The summed E-state index contributed by atoms with van der Waals surface area (Å²) < 4.78 is 32.0. The van der Waals surface area contributed by atoms with Crippen molar-refractivity contribution < 1.29 is 52.5 Å². The van der Waals surface area contributed by atoms with Crippen LogP contribution >= 0.6 is 0 Å². The van der Waals surface area contributed by atoms with Crippen LogP contribution in [-0.2, 0) is 52.5 Å². The zero-order valence-corrected chi connectivity index (χ0v) is 54.1. The summed E-state index contributed by atoms with van der Waals surface area (Å²) >= 11 is 0. The number of rotatable bonds is 24. The third kappa shape index (κ3) is 11.4. The average Bonchev–Trinajstić information content (AvgIpc) is 1.46. The Morgan fingerprint density at radius 1 is 0.337 bits per heavy atom. The van der Waals surface area contributed by atoms with Gasteiger partial charge in [0.2, 0.25) is 5.92 Å². The fourth-order valence-corrected chi connectivity index (χ4v) is 16.0. The van der Waals surface area contributed by atoms with Crippen molar-refractivity contribution in [2.45, 2.75) is 67.4 Å². The Morgan fingerprint density at radius 2 is 0.561 bits per heavy atom. The minimum absolute atomic E-state index is 0.159. The number of unbranched alkanes of at least 4 members (excludes halogenated alkanes) is 1. The minimum Gasteiger partial charge on any atom is -0.464 e. The maximum atomic E-state index is 16.4. The van der Waals surface area contributed by atoms with E-state index in [1.807, 2.05) is 243 Å². The first-order valence-electron chi connectivity index (χ1n) is 33.8. The molecule has 0 aliphatic heterocycles. The van der Waals surface area contributed by atoms with E-state index in [9.17, 15) is 0 Å². The predicted molar refractivity (Wildman–Crippen MR) is 374 cm³/mol. The highest BCUT2D eigenvalue weighted by Crippen LogP contribution is 2.50. The smallest absolute Gasteiger partial charge is 0.328 e. The molecule has 5 aliphatic rings. The molecule has 98 heavy (non-hydrogen) atoms. The quantitative estimate of drug-likeness (QED) is 0.0252. The van der Waals surface area contributed by atoms with Crippen LogP contribution in [0.2, 0.25) is 0 Å². The van der Waals surface area contributed by atoms with Crippen molar-refractivity contribution in [2.75, 3.05) is 39.6 Å². The molecular weight excluding hydrogens is 1220 g/mol. The molecule has 0 aromatic heterocycles. The second-order valence-corrected chi connectivity index (χ2v) is 26.2. The monoisotopic (exact) mass is 1300 g/mol. The molecule has 488 valence electrons. The molecule has 15 rings (SSSR count). The number of fused-ring (bicyclic) bond motifs is 15. The number of carbonyl (C=O) groups is 6. The molecule has 0 saturated heterocycles. The Kier molecular flexibility index (Phi) is 17.4. The molecule has 10 aromatic carbocycles. The van der Waals surface area contributed by atoms with Crippen LogP contribution < -0.4 is 11.1 Å². The third-order valence-electron chi connectivity index (χ3n) is 20.8. The normalized spacial score (nSPS) is 14.7. The third-order valence-corrected chi connectivity index (χ3v) is 20.8. The number of ether oxygens (including phenoxy) is 5. The van der Waals surface area contributed by atoms with Gasteiger partial charge in [-0.2, -0.15) is 0 Å². The summed E-state index contributed by atoms with van der Waals surface area (Å²) in [5.74, 6) is -13.7. The van der Waals surface area contributed by atoms with Gasteiger partial charge in [0.15, 0.2) is 11.7 Å². The van der Waals surface area contributed by atoms with Crippen molar-refractivity contribution >= 4 is 35.6 Å². The number of carbonyl (C=O) groups excluding carboxylic acids is 6. The topological polar surface area (TPSA) is 187 Å². The number of ketones is 1. The summed E-state index contributed by atoms with van der Waals surface area (Å²) in [6, 6.07) is 76.6. The van der Waals surface area contributed by atoms with Gasteiger partial charge >= 0.3 is 29.8 Å². The van der Waals surface area contributed by atoms with Crippen molar-refractivity contribution in [2.24, 2.45) is 17.6 Å². The summed E-state index contributed by atoms with van der Waals surface area (Å²) in [7, 11) is 0. The van der Waals surface area contributed by atoms with Gasteiger partial charge in [-0.05, 0) is 138 Å². The van der Waals surface area contributed by atoms with Gasteiger partial charge in [0.25, 0.3) is 0 Å². The van der Waals surface area contributed by atoms with Gasteiger partial charge in [0.1, 0.15) is 38.6 Å². The van der Waals surface area contributed by atoms with Crippen molar-refractivity contribution in [1.29, 1.82) is 0 Å². The Balaban J connectivity index is 0.819. The van der Waals surface area contributed by atoms with Gasteiger partial charge in [-0.25, -0.2) is 0 Å². The van der Waals surface area contributed by atoms with Crippen LogP contribution in [0.5, 0.6) is 0 Å². The van der Waals surface area contributed by atoms with Gasteiger partial charge in [-0.3, -0.25) is 34.1 Å². The minimum atomic E-state index is -2.57. The van der Waals surface area contributed by atoms with Crippen LogP contribution in [0.25, 0.3) is 55.6 Å². The van der Waals surface area contributed by atoms with Crippen molar-refractivity contribution in [3.8, 4) is 55.6 Å². The number of nitrogens with one attached hydrogen (secondary N) is 1. The highest BCUT2D eigenvalue weighted by Gasteiger charge is 2.56. The molecule has 5 aliphatic carbocycles. The molecule has 13 nitrogen and oxygen atoms in total. The van der Waals surface area contributed by atoms with E-state index >= 15 is 28.8 Å². The number of Topliss-reactive ketones (excluding diaryl/α,β-unsaturated/α-hetero) is 1. The van der Waals surface area contributed by atoms with E-state index in [2.05, 4.69) is 5.32 Å². The number of hydrogen-bond acceptors (Lipinski definition) is 13. The molecule has 1 unspecified atom stereocenters. The number of hydrogen-bond donors (Lipinski definition) is 2. The summed E-state index contributed by atoms with van der Waals surface area (Å²) in [5.41, 5.74) is 22.2. The van der Waals surface area contributed by atoms with Crippen LogP contribution in [0, 0.1) is 11.8 Å². The molecule has 10 aromatic rings. The van der Waals surface area contributed by atoms with Crippen molar-refractivity contribution in [1.82, 2.24) is 5.32 Å². The second kappa shape index (κ2) is 27.0. The second-order valence-electron chi connectivity index (χ2n) is 26.2. The molecular formula is C85H72N2O11. The molecule has 0 amide bonds. The van der Waals surface area contributed by atoms with Crippen LogP contribution in [-0.4, -0.2) is 86.8 Å². The van der Waals surface area contributed by atoms with Crippen LogP contribution in [0.15, 0.2) is 243 Å². The van der Waals surface area contributed by atoms with Gasteiger partial charge in [-0.15, -0.1) is 0 Å². The van der Waals surface area contributed by atoms with Crippen molar-refractivity contribution in [3.05, 3.63) is 298 Å². The van der Waals surface area contributed by atoms with E-state index < -0.39 is 88.6 Å². The molecule has 0 radical (unpaired) electrons. The average molecular weight is 1300 g/mol. The molecule has 0 spiro atoms. The highest BCUT2D eigenvalue weighted by atomic mass is 16.6. The largest absolute Gasteiger partial charge is 0.464 e. The van der Waals surface area contributed by atoms with E-state index in [0.717, 1.165) is 111 Å². The number of nitrogens with two attached hydrogens (primary N) is 1. The number of esters is 5. The fourth-order valence-electron chi connectivity index (χ4n) is 16.0. The van der Waals surface area contributed by atoms with E-state index in [0.29, 0.717) is 6.42 Å². The maximum Gasteiger partial charge on any atom is 0.328 e. The predicted octanol–water partition coefficient (Wildman–Crippen LogP) is 14.4. The summed E-state index contributed by atoms with van der Waals surface area (Å²) in [6.45, 7) is 0.243. The Labute approximate surface area is 568 Å². The van der Waals surface area contributed by atoms with Gasteiger partial charge in [-0.1, -0.05) is 249 Å². The molecule has 0 saturated carbocycles. The summed E-state index contributed by atoms with van der Waals surface area (Å²) in [4.78, 5) is 95.7. The van der Waals surface area contributed by atoms with E-state index in [4.69, 9.17) is 29.4 Å². The summed E-state index contributed by atoms with van der Waals surface area (Å²) in [6.07, 6.45) is 0.410. The first kappa shape index (κ1) is 63.2. The van der Waals surface area contributed by atoms with Gasteiger partial charge in [0.05, 0.1) is 6.04 Å². The lowest BCUT2D eigenvalue weighted by Gasteiger charge is -2.37. The zero-order valence-electron chi connectivity index (χ0n) is 54.1. The van der Waals surface area contributed by atoms with E-state index in [1.165, 1.54) is 6.92 Å². The molecule has 0 bridgehead atoms. The van der Waals surface area contributed by atoms with Crippen LogP contribution in [0.3, 0.4) is 0 Å². The Bertz CT molecular complexity index is 4340. The molecule has 0 heterocycles. The Hall–Kier alpha value is -10.9. The van der Waals surface area contributed by atoms with Crippen LogP contribution in [0.1, 0.15) is 111 Å². The van der Waals surface area contributed by atoms with Crippen LogP contribution in [0.4, 0.5) is 0 Å². The van der Waals surface area contributed by atoms with E-state index in [-0.39, 0.29) is 52.4 Å². The lowest BCUT2D eigenvalue weighted by atomic mass is 9.82. The lowest BCUT2D eigenvalue weighted by Crippen LogP contribution is -2.65. The molecule has 0 fully saturated rings. The molecule has 2 atom stereocenters. The number of benzene rings is 10. The fraction of sp³-hybridized carbons (Fsp3) is 0.224. The van der Waals surface area contributed by atoms with Gasteiger partial charge < -0.3 is 29.4 Å². The maximum absolute atomic E-state index is 16.4. The Morgan fingerprint density at radius 3 is 0.806 bits per heavy atom. The highest BCUT2D eigenvalue weighted by molar-refractivity contribution is 6.17.